The van der Waals surface area contributed by atoms with E-state index in [9.17, 15) is 26.4 Å². The first-order valence-corrected chi connectivity index (χ1v) is 10.2. The Morgan fingerprint density at radius 3 is 2.59 bits per heavy atom. The summed E-state index contributed by atoms with van der Waals surface area (Å²) in [5.74, 6) is 0.0475. The Morgan fingerprint density at radius 1 is 1.21 bits per heavy atom. The number of carbonyl (C=O) groups excluding carboxylic acids is 1. The van der Waals surface area contributed by atoms with Crippen LogP contribution in [0.25, 0.3) is 0 Å². The number of nitrogens with zero attached hydrogens (tertiary/aromatic N) is 2. The minimum absolute atomic E-state index is 0.00145. The van der Waals surface area contributed by atoms with Crippen molar-refractivity contribution in [3.8, 4) is 0 Å². The van der Waals surface area contributed by atoms with Crippen molar-refractivity contribution < 1.29 is 26.4 Å². The lowest BCUT2D eigenvalue weighted by Gasteiger charge is -2.16. The fourth-order valence-corrected chi connectivity index (χ4v) is 4.03. The van der Waals surface area contributed by atoms with Crippen LogP contribution in [0, 0.1) is 0 Å². The summed E-state index contributed by atoms with van der Waals surface area (Å²) in [5, 5.41) is 2.75. The van der Waals surface area contributed by atoms with Crippen molar-refractivity contribution in [2.75, 3.05) is 29.9 Å². The van der Waals surface area contributed by atoms with Crippen LogP contribution in [0.5, 0.6) is 0 Å². The van der Waals surface area contributed by atoms with Crippen LogP contribution < -0.4 is 14.9 Å². The molecule has 0 fully saturated rings. The first kappa shape index (κ1) is 21.1. The fourth-order valence-electron chi connectivity index (χ4n) is 2.98. The van der Waals surface area contributed by atoms with Gasteiger partial charge in [0, 0.05) is 38.4 Å². The Balaban J connectivity index is 1.58. The predicted molar refractivity (Wildman–Crippen MR) is 101 cm³/mol. The number of anilines is 2. The molecule has 156 valence electrons. The average molecular weight is 428 g/mol. The summed E-state index contributed by atoms with van der Waals surface area (Å²) in [6.45, 7) is 2.07. The van der Waals surface area contributed by atoms with Crippen LogP contribution in [0.2, 0.25) is 0 Å². The third-order valence-electron chi connectivity index (χ3n) is 4.46. The lowest BCUT2D eigenvalue weighted by atomic mass is 10.2. The second-order valence-corrected chi connectivity index (χ2v) is 8.23. The van der Waals surface area contributed by atoms with E-state index in [4.69, 9.17) is 0 Å². The van der Waals surface area contributed by atoms with Gasteiger partial charge >= 0.3 is 6.18 Å². The molecular formula is C18H19F3N4O3S. The molecule has 11 heteroatoms. The molecule has 1 aromatic heterocycles. The zero-order valence-electron chi connectivity index (χ0n) is 15.5. The number of carbonyl (C=O) groups is 1. The monoisotopic (exact) mass is 428 g/mol. The van der Waals surface area contributed by atoms with Gasteiger partial charge in [-0.05, 0) is 36.2 Å². The Bertz CT molecular complexity index is 1010. The molecule has 0 bridgehead atoms. The summed E-state index contributed by atoms with van der Waals surface area (Å²) < 4.78 is 64.9. The molecule has 0 saturated carbocycles. The second-order valence-electron chi connectivity index (χ2n) is 6.47. The molecule has 1 aromatic carbocycles. The highest BCUT2D eigenvalue weighted by atomic mass is 32.2. The van der Waals surface area contributed by atoms with E-state index >= 15 is 0 Å². The van der Waals surface area contributed by atoms with Crippen molar-refractivity contribution in [1.29, 1.82) is 0 Å². The molecule has 0 atom stereocenters. The molecule has 2 heterocycles. The number of pyridine rings is 1. The highest BCUT2D eigenvalue weighted by molar-refractivity contribution is 7.89. The maximum Gasteiger partial charge on any atom is 0.417 e. The van der Waals surface area contributed by atoms with Crippen LogP contribution >= 0.6 is 0 Å². The summed E-state index contributed by atoms with van der Waals surface area (Å²) in [5.41, 5.74) is 0.640. The lowest BCUT2D eigenvalue weighted by molar-refractivity contribution is -0.137. The number of nitrogens with one attached hydrogen (secondary N) is 2. The zero-order chi connectivity index (χ0) is 21.2. The molecule has 2 aromatic rings. The van der Waals surface area contributed by atoms with E-state index in [1.165, 1.54) is 30.0 Å². The minimum Gasteiger partial charge on any atom is -0.369 e. The maximum atomic E-state index is 12.5. The van der Waals surface area contributed by atoms with Gasteiger partial charge in [0.05, 0.1) is 10.5 Å². The number of amides is 1. The number of fused-ring (bicyclic) bond motifs is 1. The average Bonchev–Trinajstić information content (AvgIpc) is 3.08. The molecule has 1 aliphatic rings. The largest absolute Gasteiger partial charge is 0.417 e. The smallest absolute Gasteiger partial charge is 0.369 e. The van der Waals surface area contributed by atoms with Crippen LogP contribution in [0.15, 0.2) is 41.4 Å². The zero-order valence-corrected chi connectivity index (χ0v) is 16.3. The molecule has 1 aliphatic heterocycles. The molecule has 3 rings (SSSR count). The van der Waals surface area contributed by atoms with E-state index in [-0.39, 0.29) is 29.7 Å². The van der Waals surface area contributed by atoms with Gasteiger partial charge in [0.2, 0.25) is 15.9 Å². The fraction of sp³-hybridized carbons (Fsp3) is 0.333. The predicted octanol–water partition coefficient (Wildman–Crippen LogP) is 2.40. The Hall–Kier alpha value is -2.66. The molecular weight excluding hydrogens is 409 g/mol. The number of halogens is 3. The van der Waals surface area contributed by atoms with Gasteiger partial charge in [-0.2, -0.15) is 13.2 Å². The van der Waals surface area contributed by atoms with Gasteiger partial charge in [-0.3, -0.25) is 4.79 Å². The number of hydrogen-bond acceptors (Lipinski definition) is 5. The van der Waals surface area contributed by atoms with Crippen LogP contribution in [0.3, 0.4) is 0 Å². The molecule has 0 aliphatic carbocycles. The molecule has 0 radical (unpaired) electrons. The van der Waals surface area contributed by atoms with E-state index in [1.54, 1.807) is 6.07 Å². The van der Waals surface area contributed by atoms with Crippen molar-refractivity contribution in [3.05, 3.63) is 47.7 Å². The van der Waals surface area contributed by atoms with E-state index in [1.807, 2.05) is 0 Å². The van der Waals surface area contributed by atoms with Crippen molar-refractivity contribution in [3.63, 3.8) is 0 Å². The van der Waals surface area contributed by atoms with E-state index in [0.29, 0.717) is 24.8 Å². The normalized spacial score (nSPS) is 14.0. The highest BCUT2D eigenvalue weighted by Crippen LogP contribution is 2.31. The van der Waals surface area contributed by atoms with Crippen molar-refractivity contribution in [1.82, 2.24) is 9.71 Å². The summed E-state index contributed by atoms with van der Waals surface area (Å²) in [6.07, 6.45) is -3.08. The van der Waals surface area contributed by atoms with Crippen molar-refractivity contribution in [2.24, 2.45) is 0 Å². The van der Waals surface area contributed by atoms with Crippen molar-refractivity contribution in [2.45, 2.75) is 24.4 Å². The molecule has 29 heavy (non-hydrogen) atoms. The minimum atomic E-state index is -4.46. The van der Waals surface area contributed by atoms with Gasteiger partial charge in [0.25, 0.3) is 0 Å². The standard InChI is InChI=1S/C18H19F3N4O3S/c1-12(26)25-9-6-13-2-4-15(10-16(13)25)29(27,28)24-8-7-22-17-5-3-14(11-23-17)18(19,20)21/h2-5,10-11,24H,6-9H2,1H3,(H,22,23). The summed E-state index contributed by atoms with van der Waals surface area (Å²) in [6, 6.07) is 6.71. The summed E-state index contributed by atoms with van der Waals surface area (Å²) >= 11 is 0. The summed E-state index contributed by atoms with van der Waals surface area (Å²) in [4.78, 5) is 16.9. The quantitative estimate of drug-likeness (QED) is 0.690. The Kier molecular flexibility index (Phi) is 5.80. The first-order chi connectivity index (χ1) is 13.6. The highest BCUT2D eigenvalue weighted by Gasteiger charge is 2.30. The number of rotatable bonds is 6. The Labute approximate surface area is 166 Å². The third-order valence-corrected chi connectivity index (χ3v) is 5.92. The number of benzene rings is 1. The van der Waals surface area contributed by atoms with Gasteiger partial charge in [0.15, 0.2) is 0 Å². The Morgan fingerprint density at radius 2 is 1.97 bits per heavy atom. The van der Waals surface area contributed by atoms with Crippen molar-refractivity contribution >= 4 is 27.4 Å². The van der Waals surface area contributed by atoms with E-state index in [2.05, 4.69) is 15.0 Å². The van der Waals surface area contributed by atoms with Gasteiger partial charge in [-0.15, -0.1) is 0 Å². The lowest BCUT2D eigenvalue weighted by Crippen LogP contribution is -2.29. The molecule has 2 N–H and O–H groups in total. The second kappa shape index (κ2) is 7.99. The topological polar surface area (TPSA) is 91.4 Å². The van der Waals surface area contributed by atoms with Crippen LogP contribution in [0.4, 0.5) is 24.7 Å². The van der Waals surface area contributed by atoms with Gasteiger partial charge in [0.1, 0.15) is 5.82 Å². The SMILES string of the molecule is CC(=O)N1CCc2ccc(S(=O)(=O)NCCNc3ccc(C(F)(F)F)cn3)cc21. The number of aromatic nitrogens is 1. The first-order valence-electron chi connectivity index (χ1n) is 8.76. The molecule has 0 saturated heterocycles. The van der Waals surface area contributed by atoms with Gasteiger partial charge in [-0.25, -0.2) is 18.1 Å². The number of sulfonamides is 1. The summed E-state index contributed by atoms with van der Waals surface area (Å²) in [7, 11) is -3.81. The van der Waals surface area contributed by atoms with E-state index in [0.717, 1.165) is 11.6 Å². The van der Waals surface area contributed by atoms with Crippen LogP contribution in [-0.4, -0.2) is 38.9 Å². The molecule has 0 spiro atoms. The van der Waals surface area contributed by atoms with Crippen LogP contribution in [0.1, 0.15) is 18.1 Å². The maximum absolute atomic E-state index is 12.5. The number of alkyl halides is 3. The molecule has 1 amide bonds. The van der Waals surface area contributed by atoms with E-state index < -0.39 is 21.8 Å². The van der Waals surface area contributed by atoms with Gasteiger partial charge in [-0.1, -0.05) is 6.07 Å². The number of hydrogen-bond donors (Lipinski definition) is 2. The molecule has 0 unspecified atom stereocenters. The molecule has 7 nitrogen and oxygen atoms in total. The van der Waals surface area contributed by atoms with Gasteiger partial charge < -0.3 is 10.2 Å². The third kappa shape index (κ3) is 4.85. The van der Waals surface area contributed by atoms with Crippen LogP contribution in [-0.2, 0) is 27.4 Å².